The third kappa shape index (κ3) is 3.77. The predicted octanol–water partition coefficient (Wildman–Crippen LogP) is 3.01. The Morgan fingerprint density at radius 1 is 1.33 bits per heavy atom. The molecule has 5 heteroatoms. The number of benzene rings is 2. The fourth-order valence-corrected chi connectivity index (χ4v) is 3.59. The molecule has 24 heavy (non-hydrogen) atoms. The van der Waals surface area contributed by atoms with E-state index in [1.165, 1.54) is 23.3 Å². The first-order valence-electron chi connectivity index (χ1n) is 8.19. The summed E-state index contributed by atoms with van der Waals surface area (Å²) in [6, 6.07) is 13.0. The Morgan fingerprint density at radius 2 is 2.12 bits per heavy atom. The van der Waals surface area contributed by atoms with Crippen molar-refractivity contribution >= 4 is 23.2 Å². The molecule has 1 amide bonds. The van der Waals surface area contributed by atoms with Gasteiger partial charge in [0.25, 0.3) is 5.91 Å². The van der Waals surface area contributed by atoms with Gasteiger partial charge in [0.2, 0.25) is 0 Å². The number of hydrogen-bond donors (Lipinski definition) is 2. The van der Waals surface area contributed by atoms with Gasteiger partial charge in [0.15, 0.2) is 6.54 Å². The van der Waals surface area contributed by atoms with Crippen molar-refractivity contribution in [3.05, 3.63) is 64.4 Å². The molecule has 126 valence electrons. The Morgan fingerprint density at radius 3 is 2.92 bits per heavy atom. The number of anilines is 1. The summed E-state index contributed by atoms with van der Waals surface area (Å²) < 4.78 is 13.8. The number of aryl methyl sites for hydroxylation is 1. The lowest BCUT2D eigenvalue weighted by Gasteiger charge is -2.30. The smallest absolute Gasteiger partial charge is 0.279 e. The molecule has 2 aromatic rings. The van der Waals surface area contributed by atoms with Crippen molar-refractivity contribution in [2.45, 2.75) is 25.3 Å². The molecule has 0 saturated carbocycles. The number of halogens is 2. The summed E-state index contributed by atoms with van der Waals surface area (Å²) in [5, 5.41) is 2.95. The van der Waals surface area contributed by atoms with Gasteiger partial charge >= 0.3 is 0 Å². The molecule has 1 unspecified atom stereocenters. The van der Waals surface area contributed by atoms with Crippen LogP contribution >= 0.6 is 11.6 Å². The minimum Gasteiger partial charge on any atom is -0.323 e. The molecule has 0 aromatic heterocycles. The number of fused-ring (bicyclic) bond motifs is 1. The van der Waals surface area contributed by atoms with Crippen LogP contribution in [0.1, 0.15) is 30.0 Å². The Bertz CT molecular complexity index is 750. The Kier molecular flexibility index (Phi) is 5.17. The second kappa shape index (κ2) is 7.32. The molecule has 0 bridgehead atoms. The summed E-state index contributed by atoms with van der Waals surface area (Å²) in [7, 11) is 2.02. The third-order valence-electron chi connectivity index (χ3n) is 4.61. The van der Waals surface area contributed by atoms with Gasteiger partial charge < -0.3 is 10.2 Å². The number of carbonyl (C=O) groups is 1. The zero-order valence-corrected chi connectivity index (χ0v) is 14.4. The zero-order chi connectivity index (χ0) is 17.1. The Balaban J connectivity index is 1.67. The third-order valence-corrected chi connectivity index (χ3v) is 4.84. The quantitative estimate of drug-likeness (QED) is 0.875. The molecule has 3 nitrogen and oxygen atoms in total. The van der Waals surface area contributed by atoms with E-state index >= 15 is 0 Å². The minimum absolute atomic E-state index is 0.168. The van der Waals surface area contributed by atoms with Crippen molar-refractivity contribution in [1.82, 2.24) is 0 Å². The van der Waals surface area contributed by atoms with Gasteiger partial charge in [-0.2, -0.15) is 0 Å². The molecule has 0 fully saturated rings. The first-order chi connectivity index (χ1) is 11.5. The maximum Gasteiger partial charge on any atom is 0.279 e. The van der Waals surface area contributed by atoms with Crippen molar-refractivity contribution in [1.29, 1.82) is 0 Å². The highest BCUT2D eigenvalue weighted by molar-refractivity contribution is 6.30. The van der Waals surface area contributed by atoms with Crippen LogP contribution in [0, 0.1) is 5.82 Å². The monoisotopic (exact) mass is 347 g/mol. The Hall–Kier alpha value is -1.91. The zero-order valence-electron chi connectivity index (χ0n) is 13.6. The molecule has 0 saturated heterocycles. The lowest BCUT2D eigenvalue weighted by molar-refractivity contribution is -0.905. The fourth-order valence-electron chi connectivity index (χ4n) is 3.43. The highest BCUT2D eigenvalue weighted by atomic mass is 35.5. The molecule has 3 rings (SSSR count). The van der Waals surface area contributed by atoms with Crippen molar-refractivity contribution in [3.8, 4) is 0 Å². The number of nitrogens with one attached hydrogen (secondary N) is 2. The van der Waals surface area contributed by atoms with Gasteiger partial charge in [-0.3, -0.25) is 4.79 Å². The van der Waals surface area contributed by atoms with Gasteiger partial charge in [-0.05, 0) is 36.6 Å². The SMILES string of the molecule is C[NH+](CC(=O)Nc1ccc(Cl)cc1F)[C@H]1CCCc2ccccc21. The van der Waals surface area contributed by atoms with Gasteiger partial charge in [0.05, 0.1) is 12.7 Å². The number of hydrogen-bond acceptors (Lipinski definition) is 1. The molecule has 1 aliphatic carbocycles. The largest absolute Gasteiger partial charge is 0.323 e. The van der Waals surface area contributed by atoms with Crippen molar-refractivity contribution in [3.63, 3.8) is 0 Å². The second-order valence-electron chi connectivity index (χ2n) is 6.34. The highest BCUT2D eigenvalue weighted by Gasteiger charge is 2.28. The number of carbonyl (C=O) groups excluding carboxylic acids is 1. The predicted molar refractivity (Wildman–Crippen MR) is 93.9 cm³/mol. The molecular weight excluding hydrogens is 327 g/mol. The lowest BCUT2D eigenvalue weighted by Crippen LogP contribution is -3.10. The maximum absolute atomic E-state index is 13.8. The Labute approximate surface area is 146 Å². The average molecular weight is 348 g/mol. The van der Waals surface area contributed by atoms with Gasteiger partial charge in [0, 0.05) is 17.0 Å². The summed E-state index contributed by atoms with van der Waals surface area (Å²) in [6.45, 7) is 0.293. The second-order valence-corrected chi connectivity index (χ2v) is 6.78. The maximum atomic E-state index is 13.8. The fraction of sp³-hybridized carbons (Fsp3) is 0.316. The first-order valence-corrected chi connectivity index (χ1v) is 8.57. The van der Waals surface area contributed by atoms with E-state index in [-0.39, 0.29) is 11.6 Å². The summed E-state index contributed by atoms with van der Waals surface area (Å²) >= 11 is 5.73. The molecule has 0 radical (unpaired) electrons. The summed E-state index contributed by atoms with van der Waals surface area (Å²) in [5.41, 5.74) is 2.87. The van der Waals surface area contributed by atoms with Crippen LogP contribution in [-0.4, -0.2) is 19.5 Å². The number of quaternary nitrogens is 1. The van der Waals surface area contributed by atoms with Crippen LogP contribution in [0.25, 0.3) is 0 Å². The molecule has 0 spiro atoms. The highest BCUT2D eigenvalue weighted by Crippen LogP contribution is 2.27. The summed E-state index contributed by atoms with van der Waals surface area (Å²) in [6.07, 6.45) is 3.29. The molecule has 2 aromatic carbocycles. The van der Waals surface area contributed by atoms with E-state index in [0.717, 1.165) is 24.2 Å². The molecule has 0 heterocycles. The number of amides is 1. The van der Waals surface area contributed by atoms with Gasteiger partial charge in [-0.25, -0.2) is 4.39 Å². The van der Waals surface area contributed by atoms with Gasteiger partial charge in [-0.1, -0.05) is 35.9 Å². The van der Waals surface area contributed by atoms with Crippen LogP contribution in [0.5, 0.6) is 0 Å². The molecular formula is C19H21ClFN2O+. The van der Waals surface area contributed by atoms with Crippen molar-refractivity contribution < 1.29 is 14.1 Å². The molecule has 2 atom stereocenters. The molecule has 2 N–H and O–H groups in total. The van der Waals surface area contributed by atoms with Crippen LogP contribution in [0.15, 0.2) is 42.5 Å². The number of likely N-dealkylation sites (N-methyl/N-ethyl adjacent to an activating group) is 1. The van der Waals surface area contributed by atoms with Crippen molar-refractivity contribution in [2.24, 2.45) is 0 Å². The van der Waals surface area contributed by atoms with Gasteiger partial charge in [-0.15, -0.1) is 0 Å². The standard InChI is InChI=1S/C19H20ClFN2O/c1-23(18-8-4-6-13-5-2-3-7-15(13)18)12-19(24)22-17-10-9-14(20)11-16(17)21/h2-3,5,7,9-11,18H,4,6,8,12H2,1H3,(H,22,24)/p+1/t18-/m0/s1. The molecule has 1 aliphatic rings. The van der Waals surface area contributed by atoms with E-state index in [4.69, 9.17) is 11.6 Å². The van der Waals surface area contributed by atoms with Crippen LogP contribution in [0.3, 0.4) is 0 Å². The van der Waals surface area contributed by atoms with E-state index in [1.807, 2.05) is 13.1 Å². The minimum atomic E-state index is -0.517. The van der Waals surface area contributed by atoms with Crippen LogP contribution < -0.4 is 10.2 Å². The normalized spacial score (nSPS) is 17.9. The first kappa shape index (κ1) is 16.9. The van der Waals surface area contributed by atoms with Crippen LogP contribution in [-0.2, 0) is 11.2 Å². The van der Waals surface area contributed by atoms with Crippen LogP contribution in [0.2, 0.25) is 5.02 Å². The average Bonchev–Trinajstić information content (AvgIpc) is 2.57. The van der Waals surface area contributed by atoms with E-state index in [2.05, 4.69) is 23.5 Å². The molecule has 0 aliphatic heterocycles. The van der Waals surface area contributed by atoms with E-state index < -0.39 is 5.82 Å². The number of rotatable bonds is 4. The van der Waals surface area contributed by atoms with E-state index in [9.17, 15) is 9.18 Å². The van der Waals surface area contributed by atoms with Gasteiger partial charge in [0.1, 0.15) is 11.9 Å². The van der Waals surface area contributed by atoms with Crippen molar-refractivity contribution in [2.75, 3.05) is 18.9 Å². The summed E-state index contributed by atoms with van der Waals surface area (Å²) in [4.78, 5) is 13.4. The lowest BCUT2D eigenvalue weighted by atomic mass is 9.87. The summed E-state index contributed by atoms with van der Waals surface area (Å²) in [5.74, 6) is -0.715. The van der Waals surface area contributed by atoms with E-state index in [1.54, 1.807) is 6.07 Å². The van der Waals surface area contributed by atoms with E-state index in [0.29, 0.717) is 17.6 Å². The van der Waals surface area contributed by atoms with Crippen LogP contribution in [0.4, 0.5) is 10.1 Å². The topological polar surface area (TPSA) is 33.5 Å².